The second-order valence-electron chi connectivity index (χ2n) is 6.13. The van der Waals surface area contributed by atoms with E-state index in [0.29, 0.717) is 19.6 Å². The summed E-state index contributed by atoms with van der Waals surface area (Å²) in [7, 11) is 0. The van der Waals surface area contributed by atoms with Gasteiger partial charge in [-0.15, -0.1) is 0 Å². The predicted octanol–water partition coefficient (Wildman–Crippen LogP) is 2.34. The molecule has 0 radical (unpaired) electrons. The second-order valence-corrected chi connectivity index (χ2v) is 6.13. The summed E-state index contributed by atoms with van der Waals surface area (Å²) in [5, 5.41) is 6.22. The van der Waals surface area contributed by atoms with Crippen LogP contribution in [0.2, 0.25) is 0 Å². The highest BCUT2D eigenvalue weighted by molar-refractivity contribution is 5.91. The standard InChI is InChI=1S/C19H20N4O2/c24-19(11-15-12-25-10-9-20-15)22-14-5-7-16(8-6-14)23-13-21-17-3-1-2-4-18(17)23/h1-8,13,15,20H,9-12H2,(H,22,24). The molecule has 3 aromatic rings. The minimum atomic E-state index is -0.0103. The lowest BCUT2D eigenvalue weighted by Gasteiger charge is -2.23. The molecule has 0 spiro atoms. The maximum absolute atomic E-state index is 12.1. The first-order valence-corrected chi connectivity index (χ1v) is 8.43. The smallest absolute Gasteiger partial charge is 0.226 e. The Hall–Kier alpha value is -2.70. The molecule has 1 saturated heterocycles. The van der Waals surface area contributed by atoms with Crippen LogP contribution in [0.15, 0.2) is 54.9 Å². The van der Waals surface area contributed by atoms with Gasteiger partial charge >= 0.3 is 0 Å². The van der Waals surface area contributed by atoms with Crippen molar-refractivity contribution in [3.05, 3.63) is 54.9 Å². The molecule has 128 valence electrons. The number of carbonyl (C=O) groups excluding carboxylic acids is 1. The topological polar surface area (TPSA) is 68.2 Å². The number of para-hydroxylation sites is 2. The Kier molecular flexibility index (Phi) is 4.45. The van der Waals surface area contributed by atoms with Crippen LogP contribution in [0.1, 0.15) is 6.42 Å². The Morgan fingerprint density at radius 2 is 2.08 bits per heavy atom. The molecule has 2 N–H and O–H groups in total. The highest BCUT2D eigenvalue weighted by Crippen LogP contribution is 2.19. The molecule has 4 rings (SSSR count). The zero-order valence-electron chi connectivity index (χ0n) is 13.8. The van der Waals surface area contributed by atoms with Gasteiger partial charge in [0.05, 0.1) is 24.2 Å². The van der Waals surface area contributed by atoms with Crippen LogP contribution in [0.25, 0.3) is 16.7 Å². The Morgan fingerprint density at radius 1 is 1.24 bits per heavy atom. The number of fused-ring (bicyclic) bond motifs is 1. The van der Waals surface area contributed by atoms with E-state index < -0.39 is 0 Å². The van der Waals surface area contributed by atoms with Gasteiger partial charge in [-0.1, -0.05) is 12.1 Å². The normalized spacial score (nSPS) is 17.5. The van der Waals surface area contributed by atoms with E-state index in [1.54, 1.807) is 0 Å². The van der Waals surface area contributed by atoms with Crippen LogP contribution in [0.5, 0.6) is 0 Å². The van der Waals surface area contributed by atoms with Crippen molar-refractivity contribution >= 4 is 22.6 Å². The van der Waals surface area contributed by atoms with Crippen molar-refractivity contribution in [3.8, 4) is 5.69 Å². The summed E-state index contributed by atoms with van der Waals surface area (Å²) >= 11 is 0. The number of anilines is 1. The molecule has 2 aromatic carbocycles. The Morgan fingerprint density at radius 3 is 2.88 bits per heavy atom. The number of carbonyl (C=O) groups is 1. The molecule has 0 aliphatic carbocycles. The highest BCUT2D eigenvalue weighted by atomic mass is 16.5. The molecule has 2 heterocycles. The van der Waals surface area contributed by atoms with Gasteiger partial charge in [0.25, 0.3) is 0 Å². The number of rotatable bonds is 4. The molecule has 1 aromatic heterocycles. The first-order chi connectivity index (χ1) is 12.3. The number of imidazole rings is 1. The van der Waals surface area contributed by atoms with Gasteiger partial charge in [0, 0.05) is 30.4 Å². The molecule has 1 atom stereocenters. The third kappa shape index (κ3) is 3.55. The van der Waals surface area contributed by atoms with E-state index in [0.717, 1.165) is 29.0 Å². The minimum Gasteiger partial charge on any atom is -0.378 e. The molecule has 6 heteroatoms. The van der Waals surface area contributed by atoms with Crippen molar-refractivity contribution in [1.82, 2.24) is 14.9 Å². The summed E-state index contributed by atoms with van der Waals surface area (Å²) < 4.78 is 7.41. The zero-order chi connectivity index (χ0) is 17.1. The lowest BCUT2D eigenvalue weighted by Crippen LogP contribution is -2.43. The van der Waals surface area contributed by atoms with Gasteiger partial charge in [0.2, 0.25) is 5.91 Å². The SMILES string of the molecule is O=C(CC1COCCN1)Nc1ccc(-n2cnc3ccccc32)cc1. The molecule has 1 fully saturated rings. The van der Waals surface area contributed by atoms with Gasteiger partial charge in [0.1, 0.15) is 6.33 Å². The Bertz CT molecular complexity index is 867. The lowest BCUT2D eigenvalue weighted by molar-refractivity contribution is -0.117. The van der Waals surface area contributed by atoms with Crippen molar-refractivity contribution in [2.45, 2.75) is 12.5 Å². The molecular formula is C19H20N4O2. The van der Waals surface area contributed by atoms with Crippen LogP contribution in [0.4, 0.5) is 5.69 Å². The zero-order valence-corrected chi connectivity index (χ0v) is 13.8. The van der Waals surface area contributed by atoms with Crippen LogP contribution in [-0.2, 0) is 9.53 Å². The van der Waals surface area contributed by atoms with Gasteiger partial charge in [-0.3, -0.25) is 9.36 Å². The van der Waals surface area contributed by atoms with Gasteiger partial charge in [-0.25, -0.2) is 4.98 Å². The summed E-state index contributed by atoms with van der Waals surface area (Å²) in [4.78, 5) is 16.6. The summed E-state index contributed by atoms with van der Waals surface area (Å²) in [5.41, 5.74) is 3.81. The summed E-state index contributed by atoms with van der Waals surface area (Å²) in [6.07, 6.45) is 2.22. The number of ether oxygens (including phenoxy) is 1. The molecule has 1 amide bonds. The number of nitrogens with zero attached hydrogens (tertiary/aromatic N) is 2. The molecule has 0 bridgehead atoms. The molecule has 6 nitrogen and oxygen atoms in total. The number of nitrogens with one attached hydrogen (secondary N) is 2. The molecule has 1 aliphatic rings. The van der Waals surface area contributed by atoms with Gasteiger partial charge in [-0.2, -0.15) is 0 Å². The van der Waals surface area contributed by atoms with Crippen LogP contribution >= 0.6 is 0 Å². The van der Waals surface area contributed by atoms with Crippen molar-refractivity contribution < 1.29 is 9.53 Å². The van der Waals surface area contributed by atoms with Crippen LogP contribution < -0.4 is 10.6 Å². The fraction of sp³-hybridized carbons (Fsp3) is 0.263. The third-order valence-electron chi connectivity index (χ3n) is 4.31. The minimum absolute atomic E-state index is 0.0103. The van der Waals surface area contributed by atoms with Gasteiger partial charge in [0.15, 0.2) is 0 Å². The van der Waals surface area contributed by atoms with E-state index >= 15 is 0 Å². The Balaban J connectivity index is 1.44. The van der Waals surface area contributed by atoms with Crippen LogP contribution in [0.3, 0.4) is 0 Å². The summed E-state index contributed by atoms with van der Waals surface area (Å²) in [6.45, 7) is 2.09. The molecule has 0 saturated carbocycles. The maximum atomic E-state index is 12.1. The third-order valence-corrected chi connectivity index (χ3v) is 4.31. The molecular weight excluding hydrogens is 316 g/mol. The molecule has 25 heavy (non-hydrogen) atoms. The fourth-order valence-electron chi connectivity index (χ4n) is 3.06. The van der Waals surface area contributed by atoms with E-state index in [-0.39, 0.29) is 11.9 Å². The van der Waals surface area contributed by atoms with E-state index in [1.165, 1.54) is 0 Å². The monoisotopic (exact) mass is 336 g/mol. The van der Waals surface area contributed by atoms with E-state index in [4.69, 9.17) is 4.74 Å². The largest absolute Gasteiger partial charge is 0.378 e. The average Bonchev–Trinajstić information content (AvgIpc) is 3.07. The first-order valence-electron chi connectivity index (χ1n) is 8.43. The highest BCUT2D eigenvalue weighted by Gasteiger charge is 2.16. The second kappa shape index (κ2) is 7.04. The first kappa shape index (κ1) is 15.8. The van der Waals surface area contributed by atoms with Crippen molar-refractivity contribution in [3.63, 3.8) is 0 Å². The fourth-order valence-corrected chi connectivity index (χ4v) is 3.06. The number of amides is 1. The predicted molar refractivity (Wildman–Crippen MR) is 96.9 cm³/mol. The summed E-state index contributed by atoms with van der Waals surface area (Å²) in [6, 6.07) is 15.9. The maximum Gasteiger partial charge on any atom is 0.226 e. The van der Waals surface area contributed by atoms with Gasteiger partial charge in [-0.05, 0) is 36.4 Å². The van der Waals surface area contributed by atoms with Crippen molar-refractivity contribution in [2.75, 3.05) is 25.1 Å². The Labute approximate surface area is 145 Å². The number of benzene rings is 2. The van der Waals surface area contributed by atoms with E-state index in [1.807, 2.05) is 59.4 Å². The molecule has 1 unspecified atom stereocenters. The van der Waals surface area contributed by atoms with E-state index in [9.17, 15) is 4.79 Å². The van der Waals surface area contributed by atoms with Crippen molar-refractivity contribution in [2.24, 2.45) is 0 Å². The number of hydrogen-bond donors (Lipinski definition) is 2. The quantitative estimate of drug-likeness (QED) is 0.767. The van der Waals surface area contributed by atoms with Crippen molar-refractivity contribution in [1.29, 1.82) is 0 Å². The van der Waals surface area contributed by atoms with Crippen LogP contribution in [0, 0.1) is 0 Å². The number of morpholine rings is 1. The van der Waals surface area contributed by atoms with Gasteiger partial charge < -0.3 is 15.4 Å². The average molecular weight is 336 g/mol. The van der Waals surface area contributed by atoms with Crippen LogP contribution in [-0.4, -0.2) is 41.3 Å². The lowest BCUT2D eigenvalue weighted by atomic mass is 10.2. The summed E-state index contributed by atoms with van der Waals surface area (Å²) in [5.74, 6) is -0.0103. The number of hydrogen-bond acceptors (Lipinski definition) is 4. The molecule has 1 aliphatic heterocycles. The number of aromatic nitrogens is 2. The van der Waals surface area contributed by atoms with E-state index in [2.05, 4.69) is 15.6 Å².